The van der Waals surface area contributed by atoms with E-state index in [1.807, 2.05) is 13.0 Å². The highest BCUT2D eigenvalue weighted by Gasteiger charge is 2.36. The Labute approximate surface area is 99.9 Å². The van der Waals surface area contributed by atoms with Gasteiger partial charge in [0.2, 0.25) is 0 Å². The van der Waals surface area contributed by atoms with Crippen LogP contribution in [0.25, 0.3) is 0 Å². The average molecular weight is 237 g/mol. The van der Waals surface area contributed by atoms with E-state index in [0.717, 1.165) is 12.0 Å². The van der Waals surface area contributed by atoms with Gasteiger partial charge in [0, 0.05) is 19.1 Å². The predicted molar refractivity (Wildman–Crippen MR) is 62.1 cm³/mol. The van der Waals surface area contributed by atoms with Crippen LogP contribution in [0.2, 0.25) is 0 Å². The van der Waals surface area contributed by atoms with Crippen molar-refractivity contribution in [3.05, 3.63) is 35.6 Å². The molecule has 0 aliphatic carbocycles. The second-order valence-electron chi connectivity index (χ2n) is 4.47. The molecule has 0 radical (unpaired) electrons. The highest BCUT2D eigenvalue weighted by molar-refractivity contribution is 5.71. The van der Waals surface area contributed by atoms with E-state index in [1.165, 1.54) is 12.1 Å². The van der Waals surface area contributed by atoms with E-state index in [9.17, 15) is 9.18 Å². The van der Waals surface area contributed by atoms with Crippen LogP contribution in [0.3, 0.4) is 0 Å². The number of hydrogen-bond acceptors (Lipinski definition) is 2. The number of aliphatic carboxylic acids is 1. The molecule has 17 heavy (non-hydrogen) atoms. The Morgan fingerprint density at radius 3 is 2.82 bits per heavy atom. The van der Waals surface area contributed by atoms with Crippen molar-refractivity contribution in [2.45, 2.75) is 19.4 Å². The standard InChI is InChI=1S/C13H16FNO2/c1-2-12(9-4-3-5-11(14)6-9)15-7-10(8-15)13(16)17/h3-6,10,12H,2,7-8H2,1H3,(H,16,17). The van der Waals surface area contributed by atoms with E-state index in [0.29, 0.717) is 13.1 Å². The number of carbonyl (C=O) groups is 1. The summed E-state index contributed by atoms with van der Waals surface area (Å²) >= 11 is 0. The minimum Gasteiger partial charge on any atom is -0.481 e. The maximum atomic E-state index is 13.1. The molecule has 1 aromatic carbocycles. The summed E-state index contributed by atoms with van der Waals surface area (Å²) in [6.45, 7) is 3.15. The normalized spacial score (nSPS) is 18.7. The summed E-state index contributed by atoms with van der Waals surface area (Å²) in [5, 5.41) is 8.83. The maximum absolute atomic E-state index is 13.1. The van der Waals surface area contributed by atoms with Gasteiger partial charge in [0.1, 0.15) is 5.82 Å². The van der Waals surface area contributed by atoms with Crippen LogP contribution in [0.1, 0.15) is 24.9 Å². The van der Waals surface area contributed by atoms with Gasteiger partial charge in [-0.15, -0.1) is 0 Å². The van der Waals surface area contributed by atoms with Gasteiger partial charge < -0.3 is 5.11 Å². The van der Waals surface area contributed by atoms with Crippen LogP contribution in [-0.4, -0.2) is 29.1 Å². The van der Waals surface area contributed by atoms with Gasteiger partial charge >= 0.3 is 5.97 Å². The Morgan fingerprint density at radius 2 is 2.29 bits per heavy atom. The smallest absolute Gasteiger partial charge is 0.309 e. The molecular formula is C13H16FNO2. The molecule has 1 N–H and O–H groups in total. The molecule has 1 atom stereocenters. The summed E-state index contributed by atoms with van der Waals surface area (Å²) in [5.41, 5.74) is 0.927. The molecule has 0 aromatic heterocycles. The van der Waals surface area contributed by atoms with Crippen molar-refractivity contribution in [3.8, 4) is 0 Å². The van der Waals surface area contributed by atoms with Gasteiger partial charge in [-0.2, -0.15) is 0 Å². The first-order chi connectivity index (χ1) is 8.11. The molecule has 3 nitrogen and oxygen atoms in total. The lowest BCUT2D eigenvalue weighted by atomic mass is 9.93. The van der Waals surface area contributed by atoms with Crippen molar-refractivity contribution in [1.82, 2.24) is 4.90 Å². The van der Waals surface area contributed by atoms with Crippen molar-refractivity contribution < 1.29 is 14.3 Å². The number of nitrogens with zero attached hydrogens (tertiary/aromatic N) is 1. The number of carboxylic acid groups (broad SMARTS) is 1. The summed E-state index contributed by atoms with van der Waals surface area (Å²) in [5.74, 6) is -1.25. The van der Waals surface area contributed by atoms with E-state index in [1.54, 1.807) is 6.07 Å². The molecule has 1 fully saturated rings. The van der Waals surface area contributed by atoms with E-state index < -0.39 is 5.97 Å². The van der Waals surface area contributed by atoms with Crippen LogP contribution in [0.4, 0.5) is 4.39 Å². The van der Waals surface area contributed by atoms with Gasteiger partial charge in [-0.25, -0.2) is 4.39 Å². The molecule has 1 unspecified atom stereocenters. The van der Waals surface area contributed by atoms with Gasteiger partial charge in [-0.1, -0.05) is 19.1 Å². The van der Waals surface area contributed by atoms with Crippen molar-refractivity contribution in [2.75, 3.05) is 13.1 Å². The molecule has 0 amide bonds. The Bertz CT molecular complexity index is 416. The van der Waals surface area contributed by atoms with Crippen molar-refractivity contribution in [2.24, 2.45) is 5.92 Å². The lowest BCUT2D eigenvalue weighted by molar-refractivity contribution is -0.148. The van der Waals surface area contributed by atoms with Gasteiger partial charge in [0.25, 0.3) is 0 Å². The lowest BCUT2D eigenvalue weighted by Gasteiger charge is -2.42. The molecule has 1 aromatic rings. The van der Waals surface area contributed by atoms with Crippen molar-refractivity contribution in [1.29, 1.82) is 0 Å². The highest BCUT2D eigenvalue weighted by atomic mass is 19.1. The van der Waals surface area contributed by atoms with Crippen LogP contribution in [0.15, 0.2) is 24.3 Å². The number of likely N-dealkylation sites (tertiary alicyclic amines) is 1. The van der Waals surface area contributed by atoms with Gasteiger partial charge in [0.15, 0.2) is 0 Å². The molecule has 1 aliphatic heterocycles. The van der Waals surface area contributed by atoms with Crippen LogP contribution in [-0.2, 0) is 4.79 Å². The second kappa shape index (κ2) is 4.84. The minimum atomic E-state index is -0.740. The monoisotopic (exact) mass is 237 g/mol. The van der Waals surface area contributed by atoms with Crippen LogP contribution in [0, 0.1) is 11.7 Å². The first-order valence-electron chi connectivity index (χ1n) is 5.84. The first-order valence-corrected chi connectivity index (χ1v) is 5.84. The summed E-state index contributed by atoms with van der Waals surface area (Å²) in [4.78, 5) is 12.8. The topological polar surface area (TPSA) is 40.5 Å². The van der Waals surface area contributed by atoms with Crippen LogP contribution >= 0.6 is 0 Å². The molecule has 1 saturated heterocycles. The quantitative estimate of drug-likeness (QED) is 0.873. The molecule has 0 bridgehead atoms. The summed E-state index contributed by atoms with van der Waals surface area (Å²) in [6.07, 6.45) is 0.857. The fourth-order valence-corrected chi connectivity index (χ4v) is 2.34. The Morgan fingerprint density at radius 1 is 1.59 bits per heavy atom. The molecule has 0 spiro atoms. The number of hydrogen-bond donors (Lipinski definition) is 1. The van der Waals surface area contributed by atoms with Crippen LogP contribution in [0.5, 0.6) is 0 Å². The van der Waals surface area contributed by atoms with Crippen LogP contribution < -0.4 is 0 Å². The van der Waals surface area contributed by atoms with Gasteiger partial charge in [-0.05, 0) is 24.1 Å². The SMILES string of the molecule is CCC(c1cccc(F)c1)N1CC(C(=O)O)C1. The molecular weight excluding hydrogens is 221 g/mol. The van der Waals surface area contributed by atoms with E-state index >= 15 is 0 Å². The second-order valence-corrected chi connectivity index (χ2v) is 4.47. The zero-order chi connectivity index (χ0) is 12.4. The Kier molecular flexibility index (Phi) is 3.43. The van der Waals surface area contributed by atoms with E-state index in [4.69, 9.17) is 5.11 Å². The van der Waals surface area contributed by atoms with E-state index in [2.05, 4.69) is 4.90 Å². The molecule has 92 valence electrons. The Balaban J connectivity index is 2.06. The lowest BCUT2D eigenvalue weighted by Crippen LogP contribution is -2.51. The minimum absolute atomic E-state index is 0.126. The van der Waals surface area contributed by atoms with Gasteiger partial charge in [0.05, 0.1) is 5.92 Å². The number of halogens is 1. The van der Waals surface area contributed by atoms with Gasteiger partial charge in [-0.3, -0.25) is 9.69 Å². The summed E-state index contributed by atoms with van der Waals surface area (Å²) in [6, 6.07) is 6.67. The maximum Gasteiger partial charge on any atom is 0.309 e. The zero-order valence-electron chi connectivity index (χ0n) is 9.77. The molecule has 2 rings (SSSR count). The molecule has 4 heteroatoms. The number of benzene rings is 1. The summed E-state index contributed by atoms with van der Waals surface area (Å²) in [7, 11) is 0. The third-order valence-electron chi connectivity index (χ3n) is 3.32. The number of carboxylic acids is 1. The third kappa shape index (κ3) is 2.47. The number of rotatable bonds is 4. The van der Waals surface area contributed by atoms with Crippen molar-refractivity contribution >= 4 is 5.97 Å². The highest BCUT2D eigenvalue weighted by Crippen LogP contribution is 2.31. The van der Waals surface area contributed by atoms with E-state index in [-0.39, 0.29) is 17.8 Å². The van der Waals surface area contributed by atoms with Crippen molar-refractivity contribution in [3.63, 3.8) is 0 Å². The molecule has 1 aliphatic rings. The zero-order valence-corrected chi connectivity index (χ0v) is 9.77. The third-order valence-corrected chi connectivity index (χ3v) is 3.32. The summed E-state index contributed by atoms with van der Waals surface area (Å²) < 4.78 is 13.1. The average Bonchev–Trinajstić information content (AvgIpc) is 2.21. The fraction of sp³-hybridized carbons (Fsp3) is 0.462. The predicted octanol–water partition coefficient (Wildman–Crippen LogP) is 2.29. The fourth-order valence-electron chi connectivity index (χ4n) is 2.34. The molecule has 1 heterocycles. The largest absolute Gasteiger partial charge is 0.481 e. The first kappa shape index (κ1) is 12.0. The molecule has 0 saturated carbocycles. The Hall–Kier alpha value is -1.42.